The molecule has 0 saturated carbocycles. The Kier molecular flexibility index (Phi) is 6.14. The number of hydrogen-bond acceptors (Lipinski definition) is 0. The van der Waals surface area contributed by atoms with Crippen LogP contribution in [0.4, 0.5) is 0 Å². The molecule has 30 heavy (non-hydrogen) atoms. The van der Waals surface area contributed by atoms with Crippen molar-refractivity contribution >= 4 is 0 Å². The second-order valence-corrected chi connectivity index (χ2v) is 7.72. The molecule has 4 rings (SSSR count). The zero-order valence-corrected chi connectivity index (χ0v) is 18.3. The first-order valence-electron chi connectivity index (χ1n) is 11.2. The molecule has 0 unspecified atom stereocenters. The summed E-state index contributed by atoms with van der Waals surface area (Å²) in [7, 11) is 0. The molecule has 0 aliphatic carbocycles. The van der Waals surface area contributed by atoms with Gasteiger partial charge in [-0.15, -0.1) is 0 Å². The molecule has 0 atom stereocenters. The smallest absolute Gasteiger partial charge is 0.0107 e. The van der Waals surface area contributed by atoms with Crippen molar-refractivity contribution in [2.75, 3.05) is 0 Å². The highest BCUT2D eigenvalue weighted by Gasteiger charge is 2.23. The monoisotopic (exact) mass is 390 g/mol. The van der Waals surface area contributed by atoms with Gasteiger partial charge in [-0.1, -0.05) is 112 Å². The van der Waals surface area contributed by atoms with Gasteiger partial charge in [-0.2, -0.15) is 0 Å². The Morgan fingerprint density at radius 3 is 0.800 bits per heavy atom. The fourth-order valence-corrected chi connectivity index (χ4v) is 4.84. The van der Waals surface area contributed by atoms with Crippen LogP contribution in [0.15, 0.2) is 91.0 Å². The van der Waals surface area contributed by atoms with Crippen molar-refractivity contribution in [2.24, 2.45) is 0 Å². The van der Waals surface area contributed by atoms with Crippen LogP contribution >= 0.6 is 0 Å². The SMILES string of the molecule is CCc1c(-c2ccccc2)c(CC)c(-c2ccccc2)c(CC)c1-c1ccccc1. The van der Waals surface area contributed by atoms with E-state index in [2.05, 4.69) is 112 Å². The third-order valence-electron chi connectivity index (χ3n) is 6.06. The van der Waals surface area contributed by atoms with Crippen molar-refractivity contribution in [1.82, 2.24) is 0 Å². The average Bonchev–Trinajstić information content (AvgIpc) is 2.83. The highest BCUT2D eigenvalue weighted by atomic mass is 14.3. The van der Waals surface area contributed by atoms with Crippen molar-refractivity contribution in [1.29, 1.82) is 0 Å². The summed E-state index contributed by atoms with van der Waals surface area (Å²) in [6.07, 6.45) is 3.05. The van der Waals surface area contributed by atoms with E-state index < -0.39 is 0 Å². The highest BCUT2D eigenvalue weighted by molar-refractivity contribution is 5.92. The lowest BCUT2D eigenvalue weighted by atomic mass is 9.77. The van der Waals surface area contributed by atoms with Crippen LogP contribution in [0.1, 0.15) is 37.5 Å². The molecule has 0 bridgehead atoms. The molecular weight excluding hydrogens is 360 g/mol. The Morgan fingerprint density at radius 2 is 0.600 bits per heavy atom. The third kappa shape index (κ3) is 3.59. The Balaban J connectivity index is 2.21. The van der Waals surface area contributed by atoms with E-state index in [1.54, 1.807) is 0 Å². The first kappa shape index (κ1) is 20.2. The van der Waals surface area contributed by atoms with Gasteiger partial charge >= 0.3 is 0 Å². The molecule has 4 aromatic carbocycles. The van der Waals surface area contributed by atoms with Crippen LogP contribution in [0.2, 0.25) is 0 Å². The Labute approximate surface area is 181 Å². The summed E-state index contributed by atoms with van der Waals surface area (Å²) >= 11 is 0. The van der Waals surface area contributed by atoms with Gasteiger partial charge in [0.05, 0.1) is 0 Å². The molecule has 0 fully saturated rings. The van der Waals surface area contributed by atoms with E-state index in [0.29, 0.717) is 0 Å². The normalized spacial score (nSPS) is 10.9. The van der Waals surface area contributed by atoms with E-state index in [1.807, 2.05) is 0 Å². The van der Waals surface area contributed by atoms with Gasteiger partial charge in [0.15, 0.2) is 0 Å². The third-order valence-corrected chi connectivity index (χ3v) is 6.06. The second kappa shape index (κ2) is 9.13. The first-order valence-corrected chi connectivity index (χ1v) is 11.2. The zero-order valence-electron chi connectivity index (χ0n) is 18.3. The fourth-order valence-electron chi connectivity index (χ4n) is 4.84. The van der Waals surface area contributed by atoms with Crippen LogP contribution in [0.5, 0.6) is 0 Å². The first-order chi connectivity index (χ1) is 14.8. The summed E-state index contributed by atoms with van der Waals surface area (Å²) in [6, 6.07) is 32.9. The molecule has 0 aromatic heterocycles. The quantitative estimate of drug-likeness (QED) is 0.310. The topological polar surface area (TPSA) is 0 Å². The lowest BCUT2D eigenvalue weighted by Gasteiger charge is -2.27. The van der Waals surface area contributed by atoms with E-state index >= 15 is 0 Å². The lowest BCUT2D eigenvalue weighted by Crippen LogP contribution is -2.06. The van der Waals surface area contributed by atoms with Crippen LogP contribution in [-0.2, 0) is 19.3 Å². The van der Waals surface area contributed by atoms with E-state index in [-0.39, 0.29) is 0 Å². The summed E-state index contributed by atoms with van der Waals surface area (Å²) in [5.41, 5.74) is 12.7. The summed E-state index contributed by atoms with van der Waals surface area (Å²) in [5, 5.41) is 0. The molecule has 0 aliphatic rings. The second-order valence-electron chi connectivity index (χ2n) is 7.72. The molecule has 0 N–H and O–H groups in total. The molecule has 0 radical (unpaired) electrons. The summed E-state index contributed by atoms with van der Waals surface area (Å²) in [6.45, 7) is 6.90. The van der Waals surface area contributed by atoms with Gasteiger partial charge in [-0.25, -0.2) is 0 Å². The Bertz CT molecular complexity index is 940. The molecule has 4 aromatic rings. The van der Waals surface area contributed by atoms with Gasteiger partial charge in [0.1, 0.15) is 0 Å². The van der Waals surface area contributed by atoms with Crippen molar-refractivity contribution in [3.8, 4) is 33.4 Å². The van der Waals surface area contributed by atoms with Crippen molar-refractivity contribution in [3.05, 3.63) is 108 Å². The number of hydrogen-bond donors (Lipinski definition) is 0. The van der Waals surface area contributed by atoms with Gasteiger partial charge in [-0.3, -0.25) is 0 Å². The largest absolute Gasteiger partial charge is 0.0622 e. The predicted octanol–water partition coefficient (Wildman–Crippen LogP) is 8.37. The Hall–Kier alpha value is -3.12. The average molecular weight is 391 g/mol. The molecule has 0 spiro atoms. The Morgan fingerprint density at radius 1 is 0.367 bits per heavy atom. The standard InChI is InChI=1S/C30H30/c1-4-25-28(22-16-10-7-11-17-22)26(5-2)30(24-20-14-9-15-21-24)27(6-3)29(25)23-18-12-8-13-19-23/h7-21H,4-6H2,1-3H3. The molecule has 0 heterocycles. The number of rotatable bonds is 6. The fraction of sp³-hybridized carbons (Fsp3) is 0.200. The maximum absolute atomic E-state index is 2.30. The lowest BCUT2D eigenvalue weighted by molar-refractivity contribution is 1.05. The molecule has 150 valence electrons. The maximum atomic E-state index is 2.30. The number of benzene rings is 4. The highest BCUT2D eigenvalue weighted by Crippen LogP contribution is 2.45. The van der Waals surface area contributed by atoms with E-state index in [9.17, 15) is 0 Å². The van der Waals surface area contributed by atoms with Crippen molar-refractivity contribution < 1.29 is 0 Å². The van der Waals surface area contributed by atoms with Gasteiger partial charge in [0.2, 0.25) is 0 Å². The summed E-state index contributed by atoms with van der Waals surface area (Å²) < 4.78 is 0. The van der Waals surface area contributed by atoms with E-state index in [1.165, 1.54) is 50.1 Å². The minimum atomic E-state index is 1.02. The van der Waals surface area contributed by atoms with Gasteiger partial charge in [0, 0.05) is 0 Å². The molecule has 0 heteroatoms. The minimum absolute atomic E-state index is 1.02. The molecule has 0 nitrogen and oxygen atoms in total. The van der Waals surface area contributed by atoms with Gasteiger partial charge < -0.3 is 0 Å². The molecule has 0 amide bonds. The van der Waals surface area contributed by atoms with E-state index in [0.717, 1.165) is 19.3 Å². The minimum Gasteiger partial charge on any atom is -0.0622 e. The van der Waals surface area contributed by atoms with Crippen LogP contribution in [0.25, 0.3) is 33.4 Å². The summed E-state index contributed by atoms with van der Waals surface area (Å²) in [5.74, 6) is 0. The van der Waals surface area contributed by atoms with Crippen LogP contribution < -0.4 is 0 Å². The zero-order chi connectivity index (χ0) is 20.9. The van der Waals surface area contributed by atoms with Gasteiger partial charge in [-0.05, 0) is 69.3 Å². The van der Waals surface area contributed by atoms with E-state index in [4.69, 9.17) is 0 Å². The predicted molar refractivity (Wildman–Crippen MR) is 131 cm³/mol. The van der Waals surface area contributed by atoms with Crippen molar-refractivity contribution in [3.63, 3.8) is 0 Å². The van der Waals surface area contributed by atoms with Crippen LogP contribution in [-0.4, -0.2) is 0 Å². The van der Waals surface area contributed by atoms with Crippen LogP contribution in [0, 0.1) is 0 Å². The van der Waals surface area contributed by atoms with Crippen molar-refractivity contribution in [2.45, 2.75) is 40.0 Å². The van der Waals surface area contributed by atoms with Gasteiger partial charge in [0.25, 0.3) is 0 Å². The maximum Gasteiger partial charge on any atom is -0.0107 e. The molecular formula is C30H30. The molecule has 0 saturated heterocycles. The van der Waals surface area contributed by atoms with Crippen LogP contribution in [0.3, 0.4) is 0 Å². The molecule has 0 aliphatic heterocycles. The summed E-state index contributed by atoms with van der Waals surface area (Å²) in [4.78, 5) is 0.